The van der Waals surface area contributed by atoms with Crippen LogP contribution in [0.5, 0.6) is 5.75 Å². The lowest BCUT2D eigenvalue weighted by Gasteiger charge is -2.50. The molecular weight excluding hydrogens is 676 g/mol. The van der Waals surface area contributed by atoms with E-state index in [1.807, 2.05) is 0 Å². The van der Waals surface area contributed by atoms with E-state index in [2.05, 4.69) is 5.43 Å². The van der Waals surface area contributed by atoms with Gasteiger partial charge in [-0.25, -0.2) is 15.0 Å². The van der Waals surface area contributed by atoms with Gasteiger partial charge in [-0.15, -0.1) is 0 Å². The first-order valence-electron chi connectivity index (χ1n) is 16.2. The molecule has 3 aromatic carbocycles. The Hall–Kier alpha value is -6.19. The Kier molecular flexibility index (Phi) is 9.49. The summed E-state index contributed by atoms with van der Waals surface area (Å²) >= 11 is 0. The van der Waals surface area contributed by atoms with Crippen molar-refractivity contribution in [3.05, 3.63) is 118 Å². The maximum Gasteiger partial charge on any atom is 0.433 e. The number of nitrogens with zero attached hydrogens (tertiary/aromatic N) is 2. The molecule has 0 aliphatic heterocycles. The lowest BCUT2D eigenvalue weighted by Crippen LogP contribution is -2.63. The van der Waals surface area contributed by atoms with E-state index in [1.165, 1.54) is 25.1 Å². The molecule has 0 bridgehead atoms. The van der Waals surface area contributed by atoms with Gasteiger partial charge in [0.1, 0.15) is 36.1 Å². The number of anilines is 1. The van der Waals surface area contributed by atoms with Gasteiger partial charge in [0.05, 0.1) is 17.3 Å². The van der Waals surface area contributed by atoms with Crippen molar-refractivity contribution in [1.29, 1.82) is 0 Å². The number of carbonyl (C=O) groups is 5. The van der Waals surface area contributed by atoms with E-state index in [0.717, 1.165) is 11.1 Å². The van der Waals surface area contributed by atoms with Crippen LogP contribution in [0.25, 0.3) is 0 Å². The zero-order valence-corrected chi connectivity index (χ0v) is 28.1. The van der Waals surface area contributed by atoms with Gasteiger partial charge in [-0.2, -0.15) is 5.01 Å². The van der Waals surface area contributed by atoms with E-state index >= 15 is 0 Å². The van der Waals surface area contributed by atoms with Crippen LogP contribution in [0, 0.1) is 11.8 Å². The van der Waals surface area contributed by atoms with Crippen LogP contribution in [0.2, 0.25) is 0 Å². The second-order valence-electron chi connectivity index (χ2n) is 13.0. The molecule has 4 atom stereocenters. The number of phenols is 1. The summed E-state index contributed by atoms with van der Waals surface area (Å²) in [6.07, 6.45) is -2.47. The lowest BCUT2D eigenvalue weighted by atomic mass is 9.58. The zero-order chi connectivity index (χ0) is 37.5. The maximum absolute atomic E-state index is 14.2. The molecule has 52 heavy (non-hydrogen) atoms. The first-order chi connectivity index (χ1) is 24.7. The number of carbonyl (C=O) groups excluding carboxylic acids is 5. The molecule has 270 valence electrons. The molecule has 6 rings (SSSR count). The number of hydrazine groups is 1. The number of nitrogens with two attached hydrogens (primary N) is 1. The van der Waals surface area contributed by atoms with E-state index in [4.69, 9.17) is 15.2 Å². The van der Waals surface area contributed by atoms with Gasteiger partial charge in [0.2, 0.25) is 5.78 Å². The molecule has 3 aliphatic rings. The minimum absolute atomic E-state index is 0.0677. The van der Waals surface area contributed by atoms with Gasteiger partial charge in [-0.1, -0.05) is 60.7 Å². The third kappa shape index (κ3) is 6.09. The first-order valence-corrected chi connectivity index (χ1v) is 16.2. The molecule has 0 saturated heterocycles. The highest BCUT2D eigenvalue weighted by atomic mass is 16.6. The van der Waals surface area contributed by atoms with Crippen LogP contribution >= 0.6 is 0 Å². The Morgan fingerprint density at radius 3 is 2.08 bits per heavy atom. The summed E-state index contributed by atoms with van der Waals surface area (Å²) in [6.45, 7) is -0.333. The number of primary amides is 1. The Morgan fingerprint density at radius 1 is 0.904 bits per heavy atom. The second kappa shape index (κ2) is 13.8. The number of ketones is 2. The van der Waals surface area contributed by atoms with Crippen LogP contribution in [-0.2, 0) is 38.7 Å². The number of phenolic OH excluding ortho intramolecular Hbond substituents is 1. The van der Waals surface area contributed by atoms with Crippen molar-refractivity contribution in [2.24, 2.45) is 17.6 Å². The van der Waals surface area contributed by atoms with Crippen molar-refractivity contribution in [3.8, 4) is 5.75 Å². The van der Waals surface area contributed by atoms with Gasteiger partial charge in [-0.3, -0.25) is 19.3 Å². The van der Waals surface area contributed by atoms with Crippen LogP contribution in [0.4, 0.5) is 15.3 Å². The SMILES string of the molecule is CN(C)[C@@H]1C(O)=C(C(N)=O)C(=O)[C@@]2(O)C(O)=C3C(=O)c4c(O)ccc(N(NC(=O)OCc5ccccc5)C(=O)OCc5ccccc5)c4CC3CC12. The second-order valence-corrected chi connectivity index (χ2v) is 13.0. The predicted octanol–water partition coefficient (Wildman–Crippen LogP) is 3.11. The zero-order valence-electron chi connectivity index (χ0n) is 28.1. The number of likely N-dealkylation sites (N-methyl/N-ethyl adjacent to an activating group) is 1. The van der Waals surface area contributed by atoms with Crippen molar-refractivity contribution >= 4 is 35.3 Å². The summed E-state index contributed by atoms with van der Waals surface area (Å²) < 4.78 is 10.9. The summed E-state index contributed by atoms with van der Waals surface area (Å²) in [7, 11) is 3.04. The number of aliphatic hydroxyl groups is 3. The minimum Gasteiger partial charge on any atom is -0.510 e. The molecule has 3 aromatic rings. The number of aromatic hydroxyl groups is 1. The number of ether oxygens (including phenoxy) is 2. The average Bonchev–Trinajstić information content (AvgIpc) is 3.11. The van der Waals surface area contributed by atoms with Crippen molar-refractivity contribution in [1.82, 2.24) is 10.3 Å². The molecule has 15 heteroatoms. The van der Waals surface area contributed by atoms with Crippen LogP contribution in [0.3, 0.4) is 0 Å². The Labute approximate surface area is 297 Å². The highest BCUT2D eigenvalue weighted by Gasteiger charge is 2.63. The van der Waals surface area contributed by atoms with Gasteiger partial charge in [-0.05, 0) is 61.7 Å². The number of fused-ring (bicyclic) bond motifs is 3. The van der Waals surface area contributed by atoms with Crippen LogP contribution < -0.4 is 16.2 Å². The molecule has 0 radical (unpaired) electrons. The summed E-state index contributed by atoms with van der Waals surface area (Å²) in [5, 5.41) is 46.2. The third-order valence-corrected chi connectivity index (χ3v) is 9.63. The van der Waals surface area contributed by atoms with E-state index in [-0.39, 0.29) is 42.9 Å². The monoisotopic (exact) mass is 712 g/mol. The van der Waals surface area contributed by atoms with Crippen molar-refractivity contribution in [3.63, 3.8) is 0 Å². The quantitative estimate of drug-likeness (QED) is 0.153. The fraction of sp³-hybridized carbons (Fsp3) is 0.270. The number of Topliss-reactive ketones (excluding diaryl/α,β-unsaturated/α-hetero) is 2. The number of rotatable bonds is 7. The molecule has 3 aliphatic carbocycles. The van der Waals surface area contributed by atoms with Gasteiger partial charge < -0.3 is 35.6 Å². The smallest absolute Gasteiger partial charge is 0.433 e. The lowest BCUT2D eigenvalue weighted by molar-refractivity contribution is -0.148. The molecule has 3 amide bonds. The number of nitrogens with one attached hydrogen (secondary N) is 1. The summed E-state index contributed by atoms with van der Waals surface area (Å²) in [4.78, 5) is 68.3. The van der Waals surface area contributed by atoms with Gasteiger partial charge >= 0.3 is 12.2 Å². The first kappa shape index (κ1) is 35.6. The number of benzene rings is 3. The van der Waals surface area contributed by atoms with Gasteiger partial charge in [0, 0.05) is 11.5 Å². The average molecular weight is 713 g/mol. The molecule has 0 aromatic heterocycles. The van der Waals surface area contributed by atoms with E-state index in [0.29, 0.717) is 11.1 Å². The number of aliphatic hydroxyl groups excluding tert-OH is 2. The molecular formula is C37H36N4O11. The molecule has 2 unspecified atom stereocenters. The van der Waals surface area contributed by atoms with Crippen molar-refractivity contribution < 1.29 is 53.9 Å². The summed E-state index contributed by atoms with van der Waals surface area (Å²) in [5.41, 5.74) is 4.57. The topological polar surface area (TPSA) is 229 Å². The molecule has 7 N–H and O–H groups in total. The van der Waals surface area contributed by atoms with Gasteiger partial charge in [0.25, 0.3) is 5.91 Å². The van der Waals surface area contributed by atoms with Crippen LogP contribution in [-0.4, -0.2) is 80.7 Å². The summed E-state index contributed by atoms with van der Waals surface area (Å²) in [5.74, 6) is -8.20. The normalized spacial score (nSPS) is 22.3. The van der Waals surface area contributed by atoms with E-state index < -0.39 is 81.6 Å². The van der Waals surface area contributed by atoms with Gasteiger partial charge in [0.15, 0.2) is 11.4 Å². The fourth-order valence-corrected chi connectivity index (χ4v) is 7.28. The maximum atomic E-state index is 14.2. The summed E-state index contributed by atoms with van der Waals surface area (Å²) in [6, 6.07) is 18.7. The Bertz CT molecular complexity index is 2030. The minimum atomic E-state index is -2.82. The number of hydrogen-bond acceptors (Lipinski definition) is 12. The Morgan fingerprint density at radius 2 is 1.50 bits per heavy atom. The predicted molar refractivity (Wildman–Crippen MR) is 183 cm³/mol. The van der Waals surface area contributed by atoms with E-state index in [9.17, 15) is 44.4 Å². The molecule has 15 nitrogen and oxygen atoms in total. The van der Waals surface area contributed by atoms with Crippen LogP contribution in [0.15, 0.2) is 95.5 Å². The highest BCUT2D eigenvalue weighted by molar-refractivity contribution is 6.25. The third-order valence-electron chi connectivity index (χ3n) is 9.63. The largest absolute Gasteiger partial charge is 0.510 e. The van der Waals surface area contributed by atoms with Crippen molar-refractivity contribution in [2.45, 2.75) is 37.7 Å². The Balaban J connectivity index is 1.41. The number of hydrogen-bond donors (Lipinski definition) is 6. The van der Waals surface area contributed by atoms with E-state index in [1.54, 1.807) is 60.7 Å². The number of allylic oxidation sites excluding steroid dienone is 1. The highest BCUT2D eigenvalue weighted by Crippen LogP contribution is 2.53. The molecule has 0 heterocycles. The molecule has 0 spiro atoms. The fourth-order valence-electron chi connectivity index (χ4n) is 7.28. The van der Waals surface area contributed by atoms with Crippen LogP contribution in [0.1, 0.15) is 33.5 Å². The molecule has 0 saturated carbocycles. The van der Waals surface area contributed by atoms with Crippen molar-refractivity contribution in [2.75, 3.05) is 19.1 Å². The number of amides is 3. The molecule has 0 fully saturated rings. The standard InChI is InChI=1S/C37H36N4O11/c1-40(2)29-23-16-21-15-22-24(13-14-25(42)27(22)30(43)26(21)32(45)37(23,50)33(46)28(31(29)44)34(38)47)41(36(49)52-18-20-11-7-4-8-12-20)39-35(48)51-17-19-9-5-3-6-10-19/h3-14,21,23,29,42,44-45,50H,15-18H2,1-2H3,(H2,38,47)(H,39,48)/t21?,23?,29-,37-/m0/s1.